The van der Waals surface area contributed by atoms with Crippen molar-refractivity contribution < 1.29 is 13.6 Å². The van der Waals surface area contributed by atoms with Crippen LogP contribution in [0.1, 0.15) is 22.0 Å². The zero-order valence-corrected chi connectivity index (χ0v) is 13.5. The summed E-state index contributed by atoms with van der Waals surface area (Å²) < 4.78 is 26.6. The van der Waals surface area contributed by atoms with Crippen molar-refractivity contribution in [3.63, 3.8) is 0 Å². The Bertz CT molecular complexity index is 776. The fourth-order valence-electron chi connectivity index (χ4n) is 3.05. The Balaban J connectivity index is 1.67. The monoisotopic (exact) mass is 341 g/mol. The van der Waals surface area contributed by atoms with Crippen LogP contribution in [0.25, 0.3) is 0 Å². The molecule has 2 aromatic rings. The molecule has 1 heterocycles. The molecule has 6 heteroatoms. The molecule has 1 saturated heterocycles. The molecular weight excluding hydrogens is 324 g/mol. The van der Waals surface area contributed by atoms with E-state index in [2.05, 4.69) is 6.07 Å². The van der Waals surface area contributed by atoms with Crippen LogP contribution in [0.5, 0.6) is 0 Å². The van der Waals surface area contributed by atoms with E-state index in [1.54, 1.807) is 4.90 Å². The number of amides is 1. The fraction of sp³-hybridized carbons (Fsp3) is 0.263. The van der Waals surface area contributed by atoms with Crippen molar-refractivity contribution in [3.8, 4) is 6.07 Å². The maximum Gasteiger partial charge on any atom is 0.254 e. The lowest BCUT2D eigenvalue weighted by Gasteiger charge is -2.37. The lowest BCUT2D eigenvalue weighted by Crippen LogP contribution is -2.49. The minimum absolute atomic E-state index is 0.00541. The molecule has 25 heavy (non-hydrogen) atoms. The number of hydrogen-bond donors (Lipinski definition) is 0. The first-order valence-corrected chi connectivity index (χ1v) is 8.02. The second kappa shape index (κ2) is 7.41. The first-order chi connectivity index (χ1) is 12.1. The van der Waals surface area contributed by atoms with Gasteiger partial charge in [-0.25, -0.2) is 8.78 Å². The third-order valence-corrected chi connectivity index (χ3v) is 4.31. The molecule has 128 valence electrons. The lowest BCUT2D eigenvalue weighted by molar-refractivity contribution is 0.0605. The second-order valence-corrected chi connectivity index (χ2v) is 5.93. The van der Waals surface area contributed by atoms with Gasteiger partial charge in [0.25, 0.3) is 5.91 Å². The number of rotatable bonds is 3. The standard InChI is InChI=1S/C19H17F2N3O/c20-16-10-15(11-17(21)12-16)19(25)24-8-6-23(7-9-24)18(13-22)14-4-2-1-3-5-14/h1-5,10-12,18H,6-9H2/t18-/m0/s1. The fourth-order valence-corrected chi connectivity index (χ4v) is 3.05. The van der Waals surface area contributed by atoms with Crippen molar-refractivity contribution in [3.05, 3.63) is 71.3 Å². The van der Waals surface area contributed by atoms with Crippen LogP contribution in [0.2, 0.25) is 0 Å². The molecular formula is C19H17F2N3O. The van der Waals surface area contributed by atoms with Crippen LogP contribution >= 0.6 is 0 Å². The summed E-state index contributed by atoms with van der Waals surface area (Å²) in [4.78, 5) is 16.0. The number of nitrogens with zero attached hydrogens (tertiary/aromatic N) is 3. The maximum absolute atomic E-state index is 13.3. The van der Waals surface area contributed by atoms with Gasteiger partial charge in [0.15, 0.2) is 0 Å². The Hall–Kier alpha value is -2.78. The average molecular weight is 341 g/mol. The van der Waals surface area contributed by atoms with Gasteiger partial charge in [-0.15, -0.1) is 0 Å². The van der Waals surface area contributed by atoms with Crippen molar-refractivity contribution in [1.29, 1.82) is 5.26 Å². The van der Waals surface area contributed by atoms with Gasteiger partial charge in [-0.3, -0.25) is 9.69 Å². The van der Waals surface area contributed by atoms with Crippen LogP contribution in [-0.2, 0) is 0 Å². The molecule has 0 spiro atoms. The zero-order valence-electron chi connectivity index (χ0n) is 13.5. The van der Waals surface area contributed by atoms with E-state index in [0.29, 0.717) is 26.2 Å². The number of carbonyl (C=O) groups excluding carboxylic acids is 1. The van der Waals surface area contributed by atoms with Gasteiger partial charge in [-0.1, -0.05) is 30.3 Å². The molecule has 0 bridgehead atoms. The van der Waals surface area contributed by atoms with Crippen LogP contribution in [0.15, 0.2) is 48.5 Å². The Morgan fingerprint density at radius 1 is 1.00 bits per heavy atom. The minimum Gasteiger partial charge on any atom is -0.336 e. The van der Waals surface area contributed by atoms with Gasteiger partial charge in [0.2, 0.25) is 0 Å². The van der Waals surface area contributed by atoms with E-state index in [4.69, 9.17) is 0 Å². The summed E-state index contributed by atoms with van der Waals surface area (Å²) in [5.41, 5.74) is 0.919. The Kier molecular flexibility index (Phi) is 5.05. The number of benzene rings is 2. The van der Waals surface area contributed by atoms with Crippen LogP contribution in [-0.4, -0.2) is 41.9 Å². The van der Waals surface area contributed by atoms with Crippen molar-refractivity contribution >= 4 is 5.91 Å². The third kappa shape index (κ3) is 3.83. The summed E-state index contributed by atoms with van der Waals surface area (Å²) in [6.07, 6.45) is 0. The van der Waals surface area contributed by atoms with E-state index in [-0.39, 0.29) is 11.6 Å². The van der Waals surface area contributed by atoms with E-state index < -0.39 is 17.5 Å². The molecule has 1 atom stereocenters. The van der Waals surface area contributed by atoms with Crippen LogP contribution < -0.4 is 0 Å². The van der Waals surface area contributed by atoms with Crippen LogP contribution in [0.3, 0.4) is 0 Å². The zero-order chi connectivity index (χ0) is 17.8. The highest BCUT2D eigenvalue weighted by Gasteiger charge is 2.27. The maximum atomic E-state index is 13.3. The van der Waals surface area contributed by atoms with Gasteiger partial charge in [-0.05, 0) is 17.7 Å². The number of nitriles is 1. The van der Waals surface area contributed by atoms with Gasteiger partial charge >= 0.3 is 0 Å². The highest BCUT2D eigenvalue weighted by Crippen LogP contribution is 2.22. The number of piperazine rings is 1. The SMILES string of the molecule is N#C[C@@H](c1ccccc1)N1CCN(C(=O)c2cc(F)cc(F)c2)CC1. The van der Waals surface area contributed by atoms with Crippen LogP contribution in [0, 0.1) is 23.0 Å². The molecule has 0 N–H and O–H groups in total. The van der Waals surface area contributed by atoms with E-state index in [0.717, 1.165) is 23.8 Å². The van der Waals surface area contributed by atoms with Crippen molar-refractivity contribution in [2.75, 3.05) is 26.2 Å². The molecule has 1 fully saturated rings. The molecule has 4 nitrogen and oxygen atoms in total. The molecule has 0 radical (unpaired) electrons. The normalized spacial score (nSPS) is 16.3. The first kappa shape index (κ1) is 17.1. The summed E-state index contributed by atoms with van der Waals surface area (Å²) in [6.45, 7) is 1.86. The Morgan fingerprint density at radius 2 is 1.60 bits per heavy atom. The smallest absolute Gasteiger partial charge is 0.254 e. The quantitative estimate of drug-likeness (QED) is 0.862. The summed E-state index contributed by atoms with van der Waals surface area (Å²) in [7, 11) is 0. The topological polar surface area (TPSA) is 47.3 Å². The highest BCUT2D eigenvalue weighted by molar-refractivity contribution is 5.94. The summed E-state index contributed by atoms with van der Waals surface area (Å²) in [5, 5.41) is 9.49. The van der Waals surface area contributed by atoms with Gasteiger partial charge < -0.3 is 4.90 Å². The molecule has 1 aliphatic rings. The van der Waals surface area contributed by atoms with Gasteiger partial charge in [0.1, 0.15) is 17.7 Å². The highest BCUT2D eigenvalue weighted by atomic mass is 19.1. The molecule has 1 amide bonds. The summed E-state index contributed by atoms with van der Waals surface area (Å²) in [6, 6.07) is 14.2. The molecule has 1 aliphatic heterocycles. The summed E-state index contributed by atoms with van der Waals surface area (Å²) >= 11 is 0. The molecule has 0 unspecified atom stereocenters. The molecule has 0 aliphatic carbocycles. The van der Waals surface area contributed by atoms with E-state index in [1.807, 2.05) is 35.2 Å². The van der Waals surface area contributed by atoms with Crippen LogP contribution in [0.4, 0.5) is 8.78 Å². The number of halogens is 2. The average Bonchev–Trinajstić information content (AvgIpc) is 2.62. The largest absolute Gasteiger partial charge is 0.336 e. The van der Waals surface area contributed by atoms with Gasteiger partial charge in [0.05, 0.1) is 6.07 Å². The van der Waals surface area contributed by atoms with Crippen molar-refractivity contribution in [2.45, 2.75) is 6.04 Å². The summed E-state index contributed by atoms with van der Waals surface area (Å²) in [5.74, 6) is -1.93. The lowest BCUT2D eigenvalue weighted by atomic mass is 10.1. The van der Waals surface area contributed by atoms with Crippen molar-refractivity contribution in [2.24, 2.45) is 0 Å². The predicted molar refractivity (Wildman–Crippen MR) is 88.6 cm³/mol. The van der Waals surface area contributed by atoms with Gasteiger partial charge in [0, 0.05) is 37.8 Å². The minimum atomic E-state index is -0.768. The Morgan fingerprint density at radius 3 is 2.16 bits per heavy atom. The third-order valence-electron chi connectivity index (χ3n) is 4.31. The van der Waals surface area contributed by atoms with E-state index >= 15 is 0 Å². The second-order valence-electron chi connectivity index (χ2n) is 5.93. The molecule has 2 aromatic carbocycles. The first-order valence-electron chi connectivity index (χ1n) is 8.02. The molecule has 3 rings (SSSR count). The van der Waals surface area contributed by atoms with E-state index in [1.165, 1.54) is 0 Å². The van der Waals surface area contributed by atoms with Crippen molar-refractivity contribution in [1.82, 2.24) is 9.80 Å². The van der Waals surface area contributed by atoms with Gasteiger partial charge in [-0.2, -0.15) is 5.26 Å². The van der Waals surface area contributed by atoms with E-state index in [9.17, 15) is 18.8 Å². The number of hydrogen-bond acceptors (Lipinski definition) is 3. The molecule has 0 aromatic heterocycles. The molecule has 0 saturated carbocycles. The Labute approximate surface area is 144 Å². The number of carbonyl (C=O) groups is 1. The predicted octanol–water partition coefficient (Wildman–Crippen LogP) is 2.99.